The summed E-state index contributed by atoms with van der Waals surface area (Å²) in [6, 6.07) is 10.2. The minimum atomic E-state index is -0.00590. The van der Waals surface area contributed by atoms with E-state index in [1.165, 1.54) is 22.5 Å². The zero-order valence-corrected chi connectivity index (χ0v) is 17.4. The van der Waals surface area contributed by atoms with Crippen LogP contribution in [0.5, 0.6) is 0 Å². The molecular weight excluding hydrogens is 398 g/mol. The molecule has 0 saturated heterocycles. The number of rotatable bonds is 6. The van der Waals surface area contributed by atoms with E-state index in [1.54, 1.807) is 23.1 Å². The first-order valence-electron chi connectivity index (χ1n) is 8.30. The SMILES string of the molecule is Cc1ccc(Nc2nnc(S[C@@H](C)c3nnc(-c4cccs4)o3)s2)cc1C. The molecule has 0 amide bonds. The first-order chi connectivity index (χ1) is 13.1. The Bertz CT molecular complexity index is 1040. The lowest BCUT2D eigenvalue weighted by atomic mass is 10.1. The lowest BCUT2D eigenvalue weighted by Crippen LogP contribution is -1.91. The van der Waals surface area contributed by atoms with E-state index in [4.69, 9.17) is 4.42 Å². The number of aromatic nitrogens is 4. The number of nitrogens with one attached hydrogen (secondary N) is 1. The number of hydrogen-bond donors (Lipinski definition) is 1. The minimum absolute atomic E-state index is 0.00590. The maximum absolute atomic E-state index is 5.80. The third-order valence-electron chi connectivity index (χ3n) is 3.96. The highest BCUT2D eigenvalue weighted by atomic mass is 32.2. The molecule has 3 heterocycles. The number of anilines is 2. The van der Waals surface area contributed by atoms with E-state index >= 15 is 0 Å². The second-order valence-electron chi connectivity index (χ2n) is 5.98. The molecule has 138 valence electrons. The Morgan fingerprint density at radius 2 is 1.96 bits per heavy atom. The molecule has 4 rings (SSSR count). The summed E-state index contributed by atoms with van der Waals surface area (Å²) in [5.41, 5.74) is 3.52. The Labute approximate surface area is 169 Å². The van der Waals surface area contributed by atoms with Gasteiger partial charge in [-0.3, -0.25) is 0 Å². The number of benzene rings is 1. The van der Waals surface area contributed by atoms with E-state index in [0.717, 1.165) is 20.0 Å². The summed E-state index contributed by atoms with van der Waals surface area (Å²) in [4.78, 5) is 0.974. The standard InChI is InChI=1S/C18H17N5OS3/c1-10-6-7-13(9-11(10)2)19-17-22-23-18(27-17)26-12(3)15-20-21-16(24-15)14-5-4-8-25-14/h4-9,12H,1-3H3,(H,19,22)/t12-/m0/s1. The van der Waals surface area contributed by atoms with E-state index in [0.29, 0.717) is 11.8 Å². The molecule has 9 heteroatoms. The van der Waals surface area contributed by atoms with Gasteiger partial charge in [0.2, 0.25) is 11.0 Å². The van der Waals surface area contributed by atoms with E-state index in [9.17, 15) is 0 Å². The molecule has 0 fully saturated rings. The number of hydrogen-bond acceptors (Lipinski definition) is 9. The third kappa shape index (κ3) is 4.20. The zero-order valence-electron chi connectivity index (χ0n) is 15.0. The van der Waals surface area contributed by atoms with Gasteiger partial charge in [-0.1, -0.05) is 35.2 Å². The normalized spacial score (nSPS) is 12.3. The molecule has 0 bridgehead atoms. The first kappa shape index (κ1) is 18.1. The van der Waals surface area contributed by atoms with Crippen LogP contribution in [0, 0.1) is 13.8 Å². The van der Waals surface area contributed by atoms with Crippen molar-refractivity contribution in [1.82, 2.24) is 20.4 Å². The van der Waals surface area contributed by atoms with Crippen LogP contribution in [-0.2, 0) is 0 Å². The number of aryl methyl sites for hydroxylation is 2. The zero-order chi connectivity index (χ0) is 18.8. The van der Waals surface area contributed by atoms with E-state index < -0.39 is 0 Å². The molecule has 0 spiro atoms. The van der Waals surface area contributed by atoms with Gasteiger partial charge in [-0.2, -0.15) is 0 Å². The Hall–Kier alpha value is -2.23. The molecule has 27 heavy (non-hydrogen) atoms. The third-order valence-corrected chi connectivity index (χ3v) is 6.83. The summed E-state index contributed by atoms with van der Waals surface area (Å²) in [6.07, 6.45) is 0. The van der Waals surface area contributed by atoms with Crippen molar-refractivity contribution in [2.24, 2.45) is 0 Å². The average molecular weight is 416 g/mol. The van der Waals surface area contributed by atoms with Crippen molar-refractivity contribution in [3.63, 3.8) is 0 Å². The van der Waals surface area contributed by atoms with Crippen molar-refractivity contribution in [3.8, 4) is 10.8 Å². The lowest BCUT2D eigenvalue weighted by Gasteiger charge is -2.05. The molecule has 6 nitrogen and oxygen atoms in total. The van der Waals surface area contributed by atoms with Crippen molar-refractivity contribution >= 4 is 45.3 Å². The van der Waals surface area contributed by atoms with Crippen molar-refractivity contribution in [2.75, 3.05) is 5.32 Å². The number of thiophene rings is 1. The van der Waals surface area contributed by atoms with Crippen LogP contribution in [0.1, 0.15) is 29.2 Å². The summed E-state index contributed by atoms with van der Waals surface area (Å²) in [7, 11) is 0. The number of thioether (sulfide) groups is 1. The predicted octanol–water partition coefficient (Wildman–Crippen LogP) is 5.86. The van der Waals surface area contributed by atoms with E-state index in [1.807, 2.05) is 30.5 Å². The van der Waals surface area contributed by atoms with Crippen molar-refractivity contribution < 1.29 is 4.42 Å². The lowest BCUT2D eigenvalue weighted by molar-refractivity contribution is 0.510. The van der Waals surface area contributed by atoms with Gasteiger partial charge >= 0.3 is 0 Å². The van der Waals surface area contributed by atoms with Gasteiger partial charge in [0.25, 0.3) is 5.89 Å². The summed E-state index contributed by atoms with van der Waals surface area (Å²) in [5.74, 6) is 1.14. The highest BCUT2D eigenvalue weighted by Gasteiger charge is 2.19. The van der Waals surface area contributed by atoms with Crippen LogP contribution in [-0.4, -0.2) is 20.4 Å². The summed E-state index contributed by atoms with van der Waals surface area (Å²) in [5, 5.41) is 22.8. The van der Waals surface area contributed by atoms with Crippen LogP contribution in [0.4, 0.5) is 10.8 Å². The van der Waals surface area contributed by atoms with Crippen LogP contribution in [0.25, 0.3) is 10.8 Å². The summed E-state index contributed by atoms with van der Waals surface area (Å²) < 4.78 is 6.65. The molecule has 0 aliphatic rings. The maximum atomic E-state index is 5.80. The van der Waals surface area contributed by atoms with Gasteiger partial charge in [0.1, 0.15) is 0 Å². The topological polar surface area (TPSA) is 76.7 Å². The molecule has 0 radical (unpaired) electrons. The Kier molecular flexibility index (Phi) is 5.24. The average Bonchev–Trinajstić information content (AvgIpc) is 3.38. The van der Waals surface area contributed by atoms with Gasteiger partial charge < -0.3 is 9.73 Å². The van der Waals surface area contributed by atoms with Gasteiger partial charge in [0, 0.05) is 5.69 Å². The minimum Gasteiger partial charge on any atom is -0.419 e. The molecule has 3 aromatic heterocycles. The molecule has 4 aromatic rings. The Morgan fingerprint density at radius 1 is 1.07 bits per heavy atom. The van der Waals surface area contributed by atoms with Gasteiger partial charge in [-0.05, 0) is 55.5 Å². The second kappa shape index (κ2) is 7.79. The molecule has 0 aliphatic heterocycles. The van der Waals surface area contributed by atoms with Crippen LogP contribution in [0.2, 0.25) is 0 Å². The Balaban J connectivity index is 1.42. The summed E-state index contributed by atoms with van der Waals surface area (Å²) >= 11 is 4.64. The van der Waals surface area contributed by atoms with Crippen LogP contribution in [0.15, 0.2) is 44.5 Å². The highest BCUT2D eigenvalue weighted by Crippen LogP contribution is 2.38. The molecule has 0 aliphatic carbocycles. The first-order valence-corrected chi connectivity index (χ1v) is 10.9. The number of nitrogens with zero attached hydrogens (tertiary/aromatic N) is 4. The smallest absolute Gasteiger partial charge is 0.257 e. The van der Waals surface area contributed by atoms with Crippen molar-refractivity contribution in [3.05, 3.63) is 52.7 Å². The van der Waals surface area contributed by atoms with Gasteiger partial charge in [0.05, 0.1) is 10.1 Å². The fraction of sp³-hybridized carbons (Fsp3) is 0.222. The second-order valence-corrected chi connectivity index (χ2v) is 9.49. The largest absolute Gasteiger partial charge is 0.419 e. The fourth-order valence-electron chi connectivity index (χ4n) is 2.35. The molecule has 1 N–H and O–H groups in total. The molecule has 0 unspecified atom stereocenters. The maximum Gasteiger partial charge on any atom is 0.257 e. The fourth-order valence-corrected chi connectivity index (χ4v) is 4.94. The Morgan fingerprint density at radius 3 is 2.74 bits per heavy atom. The molecule has 0 saturated carbocycles. The van der Waals surface area contributed by atoms with E-state index in [2.05, 4.69) is 51.7 Å². The molecule has 1 aromatic carbocycles. The van der Waals surface area contributed by atoms with E-state index in [-0.39, 0.29) is 5.25 Å². The van der Waals surface area contributed by atoms with Crippen LogP contribution >= 0.6 is 34.4 Å². The quantitative estimate of drug-likeness (QED) is 0.395. The monoisotopic (exact) mass is 415 g/mol. The van der Waals surface area contributed by atoms with Crippen molar-refractivity contribution in [1.29, 1.82) is 0 Å². The molecule has 1 atom stereocenters. The predicted molar refractivity (Wildman–Crippen MR) is 111 cm³/mol. The van der Waals surface area contributed by atoms with Crippen LogP contribution < -0.4 is 5.32 Å². The summed E-state index contributed by atoms with van der Waals surface area (Å²) in [6.45, 7) is 6.22. The van der Waals surface area contributed by atoms with Crippen molar-refractivity contribution in [2.45, 2.75) is 30.4 Å². The van der Waals surface area contributed by atoms with Gasteiger partial charge in [0.15, 0.2) is 4.34 Å². The highest BCUT2D eigenvalue weighted by molar-refractivity contribution is 8.01. The van der Waals surface area contributed by atoms with Crippen LogP contribution in [0.3, 0.4) is 0 Å². The van der Waals surface area contributed by atoms with Gasteiger partial charge in [-0.25, -0.2) is 0 Å². The van der Waals surface area contributed by atoms with Gasteiger partial charge in [-0.15, -0.1) is 31.7 Å². The molecular formula is C18H17N5OS3.